The number of ether oxygens (including phenoxy) is 6. The lowest BCUT2D eigenvalue weighted by Crippen LogP contribution is -2.68. The zero-order valence-corrected chi connectivity index (χ0v) is 40.0. The normalized spacial score (nSPS) is 52.4. The van der Waals surface area contributed by atoms with Crippen LogP contribution in [-0.2, 0) is 28.4 Å². The molecule has 4 aliphatic carbocycles. The van der Waals surface area contributed by atoms with Crippen LogP contribution in [0.15, 0.2) is 11.6 Å². The molecule has 18 nitrogen and oxygen atoms in total. The number of allylic oxidation sites excluding steroid dienone is 2. The molecule has 7 rings (SSSR count). The van der Waals surface area contributed by atoms with Gasteiger partial charge >= 0.3 is 0 Å². The molecule has 4 saturated carbocycles. The van der Waals surface area contributed by atoms with E-state index in [2.05, 4.69) is 40.7 Å². The average Bonchev–Trinajstić information content (AvgIpc) is 3.65. The smallest absolute Gasteiger partial charge is 0.187 e. The van der Waals surface area contributed by atoms with Crippen LogP contribution in [0.2, 0.25) is 0 Å². The van der Waals surface area contributed by atoms with Gasteiger partial charge in [0.1, 0.15) is 73.2 Å². The average molecular weight is 947 g/mol. The van der Waals surface area contributed by atoms with Gasteiger partial charge < -0.3 is 89.7 Å². The van der Waals surface area contributed by atoms with Crippen LogP contribution in [-0.4, -0.2) is 191 Å². The van der Waals surface area contributed by atoms with E-state index in [1.807, 2.05) is 20.8 Å². The van der Waals surface area contributed by atoms with Gasteiger partial charge in [0.2, 0.25) is 0 Å². The number of aliphatic hydroxyl groups is 12. The van der Waals surface area contributed by atoms with Gasteiger partial charge in [-0.15, -0.1) is 0 Å². The summed E-state index contributed by atoms with van der Waals surface area (Å²) in [5.74, 6) is -0.151. The van der Waals surface area contributed by atoms with Crippen LogP contribution in [0.25, 0.3) is 0 Å². The molecule has 0 aromatic carbocycles. The van der Waals surface area contributed by atoms with Gasteiger partial charge in [-0.2, -0.15) is 0 Å². The molecule has 3 heterocycles. The summed E-state index contributed by atoms with van der Waals surface area (Å²) in [6.07, 6.45) is -15.4. The van der Waals surface area contributed by atoms with Crippen LogP contribution in [0.1, 0.15) is 113 Å². The highest BCUT2D eigenvalue weighted by Crippen LogP contribution is 2.76. The Balaban J connectivity index is 1.13. The van der Waals surface area contributed by atoms with Gasteiger partial charge in [-0.05, 0) is 124 Å². The first-order chi connectivity index (χ1) is 30.8. The summed E-state index contributed by atoms with van der Waals surface area (Å²) < 4.78 is 37.2. The van der Waals surface area contributed by atoms with E-state index in [0.717, 1.165) is 37.7 Å². The Labute approximate surface area is 388 Å². The molecule has 0 amide bonds. The van der Waals surface area contributed by atoms with E-state index in [1.165, 1.54) is 0 Å². The lowest BCUT2D eigenvalue weighted by molar-refractivity contribution is -0.378. The molecule has 3 aliphatic heterocycles. The number of hydrogen-bond acceptors (Lipinski definition) is 18. The predicted octanol–water partition coefficient (Wildman–Crippen LogP) is -0.0268. The van der Waals surface area contributed by atoms with Crippen molar-refractivity contribution in [3.05, 3.63) is 11.6 Å². The molecule has 0 bridgehead atoms. The van der Waals surface area contributed by atoms with Crippen LogP contribution < -0.4 is 0 Å². The van der Waals surface area contributed by atoms with Crippen molar-refractivity contribution in [2.75, 3.05) is 19.8 Å². The molecule has 0 spiro atoms. The Kier molecular flexibility index (Phi) is 15.7. The van der Waals surface area contributed by atoms with Crippen LogP contribution >= 0.6 is 0 Å². The summed E-state index contributed by atoms with van der Waals surface area (Å²) in [5.41, 5.74) is -1.12. The first kappa shape index (κ1) is 52.8. The van der Waals surface area contributed by atoms with Crippen LogP contribution in [0, 0.1) is 45.3 Å². The Bertz CT molecular complexity index is 1680. The van der Waals surface area contributed by atoms with Crippen LogP contribution in [0.3, 0.4) is 0 Å². The second kappa shape index (κ2) is 19.6. The minimum absolute atomic E-state index is 0.0905. The Hall–Kier alpha value is -0.980. The second-order valence-corrected chi connectivity index (χ2v) is 22.9. The van der Waals surface area contributed by atoms with Gasteiger partial charge in [0.05, 0.1) is 37.6 Å². The molecular formula is C48H82O18. The monoisotopic (exact) mass is 947 g/mol. The number of rotatable bonds is 13. The Morgan fingerprint density at radius 3 is 1.71 bits per heavy atom. The summed E-state index contributed by atoms with van der Waals surface area (Å²) in [6, 6.07) is 0. The van der Waals surface area contributed by atoms with Gasteiger partial charge in [0, 0.05) is 0 Å². The summed E-state index contributed by atoms with van der Waals surface area (Å²) in [7, 11) is 0. The van der Waals surface area contributed by atoms with Crippen molar-refractivity contribution in [2.24, 2.45) is 45.3 Å². The Morgan fingerprint density at radius 1 is 0.606 bits per heavy atom. The molecule has 18 heteroatoms. The molecule has 0 radical (unpaired) electrons. The highest BCUT2D eigenvalue weighted by atomic mass is 16.8. The molecule has 12 N–H and O–H groups in total. The van der Waals surface area contributed by atoms with Gasteiger partial charge in [0.15, 0.2) is 18.9 Å². The van der Waals surface area contributed by atoms with E-state index in [4.69, 9.17) is 28.4 Å². The summed E-state index contributed by atoms with van der Waals surface area (Å²) >= 11 is 0. The molecule has 66 heavy (non-hydrogen) atoms. The SMILES string of the molecule is CC(C)=CCC[C@](C)(O[C@@H]1O[C@H](CO)[C@@H](O)[C@H](O)[C@H]1O)[C@H]1CC[C@]2(C)[C@@H]1[C@H](O)CC1[C@@]3(C)CC[C@H](O[C@@H]4O[C@H](CO)[C@@H](O)[C@H](O)[C@H]4O[C@@H]4O[C@H](CO)[C@@H](O)[C@H](O)[C@H]4O)C(C)(C)[C@@H]3CC[C@]12C. The van der Waals surface area contributed by atoms with Gasteiger partial charge in [0.25, 0.3) is 0 Å². The first-order valence-electron chi connectivity index (χ1n) is 24.4. The van der Waals surface area contributed by atoms with E-state index in [9.17, 15) is 61.3 Å². The maximum Gasteiger partial charge on any atom is 0.187 e. The molecule has 1 unspecified atom stereocenters. The van der Waals surface area contributed by atoms with Crippen molar-refractivity contribution in [1.82, 2.24) is 0 Å². The molecular weight excluding hydrogens is 865 g/mol. The fourth-order valence-electron chi connectivity index (χ4n) is 14.9. The minimum Gasteiger partial charge on any atom is -0.394 e. The predicted molar refractivity (Wildman–Crippen MR) is 234 cm³/mol. The van der Waals surface area contributed by atoms with E-state index in [-0.39, 0.29) is 39.9 Å². The first-order valence-corrected chi connectivity index (χ1v) is 24.4. The van der Waals surface area contributed by atoms with Crippen molar-refractivity contribution >= 4 is 0 Å². The number of hydrogen-bond donors (Lipinski definition) is 12. The van der Waals surface area contributed by atoms with Gasteiger partial charge in [-0.25, -0.2) is 0 Å². The maximum absolute atomic E-state index is 12.7. The van der Waals surface area contributed by atoms with Crippen molar-refractivity contribution < 1.29 is 89.7 Å². The fraction of sp³-hybridized carbons (Fsp3) is 0.958. The molecule has 7 aliphatic rings. The third-order valence-corrected chi connectivity index (χ3v) is 18.8. The lowest BCUT2D eigenvalue weighted by atomic mass is 9.35. The molecule has 7 fully saturated rings. The van der Waals surface area contributed by atoms with E-state index < -0.39 is 135 Å². The van der Waals surface area contributed by atoms with Crippen molar-refractivity contribution in [2.45, 2.75) is 223 Å². The molecule has 3 saturated heterocycles. The van der Waals surface area contributed by atoms with Crippen molar-refractivity contribution in [3.63, 3.8) is 0 Å². The summed E-state index contributed by atoms with van der Waals surface area (Å²) in [5, 5.41) is 129. The second-order valence-electron chi connectivity index (χ2n) is 22.9. The largest absolute Gasteiger partial charge is 0.394 e. The van der Waals surface area contributed by atoms with Crippen molar-refractivity contribution in [1.29, 1.82) is 0 Å². The highest BCUT2D eigenvalue weighted by Gasteiger charge is 2.72. The molecule has 0 aromatic rings. The summed E-state index contributed by atoms with van der Waals surface area (Å²) in [6.45, 7) is 15.5. The Morgan fingerprint density at radius 2 is 1.14 bits per heavy atom. The lowest BCUT2D eigenvalue weighted by Gasteiger charge is -2.71. The zero-order valence-electron chi connectivity index (χ0n) is 40.0. The summed E-state index contributed by atoms with van der Waals surface area (Å²) in [4.78, 5) is 0. The van der Waals surface area contributed by atoms with Crippen LogP contribution in [0.5, 0.6) is 0 Å². The quantitative estimate of drug-likeness (QED) is 0.0853. The maximum atomic E-state index is 12.7. The standard InChI is InChI=1S/C48H82O18/c1-22(2)10-9-14-48(8,66-42-39(60)36(57)33(54)26(20-50)62-42)23-11-16-47(7)31(23)24(52)18-29-45(5)15-13-30(44(3,4)28(45)12-17-46(29,47)6)64-43-40(37(58)34(55)27(21-51)63-43)65-41-38(59)35(56)32(53)25(19-49)61-41/h10,23-43,49-60H,9,11-21H2,1-8H3/t23-,24+,25+,26+,27+,28-,29?,30-,31-,32+,33+,34+,35-,36-,37-,38+,39+,40+,41-,42-,43-,45-,46+,47+,48-/m0/s1. The third-order valence-electron chi connectivity index (χ3n) is 18.8. The van der Waals surface area contributed by atoms with E-state index >= 15 is 0 Å². The molecule has 382 valence electrons. The van der Waals surface area contributed by atoms with Gasteiger partial charge in [-0.1, -0.05) is 46.3 Å². The van der Waals surface area contributed by atoms with Crippen molar-refractivity contribution in [3.8, 4) is 0 Å². The van der Waals surface area contributed by atoms with E-state index in [0.29, 0.717) is 25.7 Å². The van der Waals surface area contributed by atoms with Gasteiger partial charge in [-0.3, -0.25) is 0 Å². The molecule has 25 atom stereocenters. The fourth-order valence-corrected chi connectivity index (χ4v) is 14.9. The third kappa shape index (κ3) is 8.79. The zero-order chi connectivity index (χ0) is 48.6. The minimum atomic E-state index is -1.79. The number of fused-ring (bicyclic) bond motifs is 5. The highest BCUT2D eigenvalue weighted by molar-refractivity contribution is 5.20. The molecule has 0 aromatic heterocycles. The van der Waals surface area contributed by atoms with Crippen LogP contribution in [0.4, 0.5) is 0 Å². The number of aliphatic hydroxyl groups excluding tert-OH is 12. The topological polar surface area (TPSA) is 298 Å². The van der Waals surface area contributed by atoms with E-state index in [1.54, 1.807) is 0 Å².